The third kappa shape index (κ3) is 27.4. The largest absolute Gasteiger partial charge is 0.550 e. The van der Waals surface area contributed by atoms with Gasteiger partial charge in [0.1, 0.15) is 84.7 Å². The molecule has 3 aliphatic heterocycles. The van der Waals surface area contributed by atoms with Crippen LogP contribution in [-0.4, -0.2) is 209 Å². The number of guanidine groups is 1. The van der Waals surface area contributed by atoms with Crippen molar-refractivity contribution >= 4 is 113 Å². The predicted octanol–water partition coefficient (Wildman–Crippen LogP) is -7.23. The monoisotopic (exact) mass is 1420 g/mol. The molecule has 0 saturated carbocycles. The second kappa shape index (κ2) is 41.1. The summed E-state index contributed by atoms with van der Waals surface area (Å²) in [6.45, 7) is 3.94. The fraction of sp³-hybridized carbons (Fsp3) is 0.571. The molecule has 4 bridgehead atoms. The van der Waals surface area contributed by atoms with Gasteiger partial charge in [0.05, 0.1) is 19.8 Å². The first-order valence-corrected chi connectivity index (χ1v) is 34.8. The Morgan fingerprint density at radius 3 is 1.93 bits per heavy atom. The Labute approximate surface area is 579 Å². The Kier molecular flexibility index (Phi) is 33.3. The van der Waals surface area contributed by atoms with E-state index in [1.807, 2.05) is 6.07 Å². The fourth-order valence-corrected chi connectivity index (χ4v) is 12.5. The van der Waals surface area contributed by atoms with Gasteiger partial charge in [-0.25, -0.2) is 0 Å². The Morgan fingerprint density at radius 1 is 0.687 bits per heavy atom. The summed E-state index contributed by atoms with van der Waals surface area (Å²) in [5, 5.41) is 70.5. The van der Waals surface area contributed by atoms with Gasteiger partial charge in [0.25, 0.3) is 5.91 Å². The quantitative estimate of drug-likeness (QED) is 0.0447. The number of carbonyl (C=O) groups excluding carboxylic acids is 13. The van der Waals surface area contributed by atoms with E-state index >= 15 is 0 Å². The summed E-state index contributed by atoms with van der Waals surface area (Å²) in [5.41, 5.74) is 18.9. The number of aliphatic hydroxyl groups excluding tert-OH is 1. The lowest BCUT2D eigenvalue weighted by molar-refractivity contribution is -0.459. The van der Waals surface area contributed by atoms with Crippen molar-refractivity contribution in [1.29, 1.82) is 0 Å². The average molecular weight is 1430 g/mol. The lowest BCUT2D eigenvalue weighted by atomic mass is 9.96. The Morgan fingerprint density at radius 2 is 1.29 bits per heavy atom. The number of phenols is 1. The van der Waals surface area contributed by atoms with E-state index in [1.54, 1.807) is 26.0 Å². The molecule has 1 unspecified atom stereocenters. The molecule has 18 N–H and O–H groups in total. The summed E-state index contributed by atoms with van der Waals surface area (Å²) in [6, 6.07) is -4.87. The van der Waals surface area contributed by atoms with Gasteiger partial charge in [-0.05, 0) is 118 Å². The van der Waals surface area contributed by atoms with E-state index in [0.717, 1.165) is 42.6 Å². The first-order chi connectivity index (χ1) is 47.2. The highest BCUT2D eigenvalue weighted by molar-refractivity contribution is 7.98. The molecule has 544 valence electrons. The molecule has 11 atom stereocenters. The Hall–Kier alpha value is -9.45. The van der Waals surface area contributed by atoms with Crippen molar-refractivity contribution in [2.45, 2.75) is 176 Å². The van der Waals surface area contributed by atoms with Gasteiger partial charge in [-0.15, -0.1) is 0 Å². The SMILES string of the molecule is CC[C@@H](C)C1NC(=O)[C@H](Cc2ccc(O)cc2)NC(=O)[C@H](CCC[NH+]=C(N)N)NC(=O)[C@H](CCC(=O)[O-])NC(=O)[C@H](C)NC(=O)[C@H](CC(=O)[O-])NC(=O)[C@@H]2CCCN2C(=O)[C@@H]2CSCc3cc(cc(c3)OCCCCCCO/N=C/C(=O)N[C@@H](CO)C(=O)N2)CSC[C@@H](C(N)=O)NC1=O. The predicted molar refractivity (Wildman–Crippen MR) is 355 cm³/mol. The number of hydrogen-bond donors (Lipinski definition) is 15. The summed E-state index contributed by atoms with van der Waals surface area (Å²) in [6.07, 6.45) is 0.690. The maximum atomic E-state index is 14.8. The summed E-state index contributed by atoms with van der Waals surface area (Å²) in [7, 11) is 0. The molecule has 0 radical (unpaired) electrons. The minimum absolute atomic E-state index is 0.0282. The summed E-state index contributed by atoms with van der Waals surface area (Å²) in [4.78, 5) is 188. The number of carbonyl (C=O) groups is 13. The number of thioether (sulfide) groups is 2. The van der Waals surface area contributed by atoms with Crippen molar-refractivity contribution in [3.8, 4) is 11.5 Å². The van der Waals surface area contributed by atoms with Crippen LogP contribution < -0.4 is 85.0 Å². The van der Waals surface area contributed by atoms with Crippen LogP contribution in [0.2, 0.25) is 0 Å². The number of rotatable bonds is 15. The molecule has 3 aliphatic rings. The van der Waals surface area contributed by atoms with Crippen molar-refractivity contribution < 1.29 is 97.3 Å². The van der Waals surface area contributed by atoms with Gasteiger partial charge in [0.15, 0.2) is 0 Å². The number of phenolic OH excluding ortho intramolecular Hbond substituents is 1. The first kappa shape index (κ1) is 80.2. The molecule has 99 heavy (non-hydrogen) atoms. The van der Waals surface area contributed by atoms with E-state index in [9.17, 15) is 82.8 Å². The summed E-state index contributed by atoms with van der Waals surface area (Å²) in [5.74, 6) is -15.0. The molecule has 11 amide bonds. The molecule has 0 aliphatic carbocycles. The van der Waals surface area contributed by atoms with Crippen LogP contribution in [0.1, 0.15) is 115 Å². The number of amides is 11. The Bertz CT molecular complexity index is 3230. The number of oxime groups is 1. The van der Waals surface area contributed by atoms with Gasteiger partial charge in [0.2, 0.25) is 59.1 Å². The smallest absolute Gasteiger partial charge is 0.338 e. The van der Waals surface area contributed by atoms with Crippen LogP contribution in [0.5, 0.6) is 11.5 Å². The molecule has 36 heteroatoms. The molecule has 34 nitrogen and oxygen atoms in total. The molecule has 3 heterocycles. The number of aliphatic carboxylic acids is 2. The fourth-order valence-electron chi connectivity index (χ4n) is 10.6. The van der Waals surface area contributed by atoms with E-state index in [4.69, 9.17) is 26.8 Å². The van der Waals surface area contributed by atoms with Crippen LogP contribution in [0.4, 0.5) is 0 Å². The topological polar surface area (TPSA) is 543 Å². The molecular formula is C63H90N15O19S2-. The number of nitrogens with two attached hydrogens (primary N) is 3. The molecule has 2 aromatic carbocycles. The number of nitrogens with zero attached hydrogens (tertiary/aromatic N) is 2. The normalized spacial score (nSPS) is 25.4. The van der Waals surface area contributed by atoms with Crippen molar-refractivity contribution in [3.05, 3.63) is 59.2 Å². The minimum Gasteiger partial charge on any atom is -0.550 e. The molecule has 0 spiro atoms. The third-order valence-corrected chi connectivity index (χ3v) is 18.4. The maximum absolute atomic E-state index is 14.8. The number of fused-ring (bicyclic) bond motifs is 6. The molecule has 2 aromatic rings. The van der Waals surface area contributed by atoms with Crippen molar-refractivity contribution in [2.24, 2.45) is 28.3 Å². The highest BCUT2D eigenvalue weighted by Crippen LogP contribution is 2.27. The van der Waals surface area contributed by atoms with Crippen LogP contribution >= 0.6 is 23.5 Å². The minimum atomic E-state index is -1.99. The van der Waals surface area contributed by atoms with E-state index < -0.39 is 169 Å². The van der Waals surface area contributed by atoms with Crippen molar-refractivity contribution in [1.82, 2.24) is 52.8 Å². The second-order valence-electron chi connectivity index (χ2n) is 24.0. The van der Waals surface area contributed by atoms with E-state index in [0.29, 0.717) is 48.3 Å². The standard InChI is InChI=1S/C63H91N15O19S2/c1-4-34(2)52-61(94)75-46(53(64)86)32-98-30-37-23-38-25-40(24-37)96-21-7-5-6-8-22-97-68-28-49(81)70-45(29-79)59(92)76-47(33-99-31-38)62(95)78-20-10-12-48(78)60(93)74-44(27-51(84)85)57(90)69-35(3)54(87)71-42(17-18-50(82)83)56(89)72-41(11-9-19-67-63(65)66)55(88)73-43(58(91)77-52)26-36-13-15-39(80)16-14-36/h13-16,23-25,28,34-35,41-48,52,79-80H,4-12,17-22,26-27,29-33H2,1-3H3,(H2,64,86)(H,69,90)(H,70,81)(H,71,87)(H,72,89)(H,73,88)(H,74,93)(H,75,94)(H,76,92)(H,77,91)(H,82,83)(H,84,85)(H4,65,66,67)/p-1/b68-28+/t34-,35+,41+,42+,43+,44+,45+,46+,47+,48+,52?/m1/s1. The maximum Gasteiger partial charge on any atom is 0.338 e. The number of primary amides is 1. The molecule has 0 aromatic heterocycles. The molecule has 5 rings (SSSR count). The average Bonchev–Trinajstić information content (AvgIpc) is 1.77. The number of benzene rings is 2. The van der Waals surface area contributed by atoms with Crippen LogP contribution in [-0.2, 0) is 85.1 Å². The van der Waals surface area contributed by atoms with Gasteiger partial charge in [0, 0.05) is 54.3 Å². The van der Waals surface area contributed by atoms with Gasteiger partial charge >= 0.3 is 5.96 Å². The number of aliphatic hydroxyl groups is 1. The number of carboxylic acids is 2. The van der Waals surface area contributed by atoms with Gasteiger partial charge in [-0.1, -0.05) is 43.6 Å². The highest BCUT2D eigenvalue weighted by atomic mass is 32.2. The second-order valence-corrected chi connectivity index (χ2v) is 26.1. The van der Waals surface area contributed by atoms with E-state index in [1.165, 1.54) is 36.0 Å². The number of nitrogens with one attached hydrogen (secondary N) is 10. The van der Waals surface area contributed by atoms with Crippen molar-refractivity contribution in [2.75, 3.05) is 44.4 Å². The third-order valence-electron chi connectivity index (χ3n) is 16.2. The van der Waals surface area contributed by atoms with Crippen molar-refractivity contribution in [3.63, 3.8) is 0 Å². The zero-order valence-electron chi connectivity index (χ0n) is 55.3. The molecular weight excluding hydrogens is 1330 g/mol. The first-order valence-electron chi connectivity index (χ1n) is 32.5. The Balaban J connectivity index is 1.60. The number of aromatic hydroxyl groups is 1. The number of hydrogen-bond acceptors (Lipinski definition) is 22. The lowest BCUT2D eigenvalue weighted by Gasteiger charge is -2.30. The number of carboxylic acid groups (broad SMARTS) is 2. The summed E-state index contributed by atoms with van der Waals surface area (Å²) < 4.78 is 6.24. The van der Waals surface area contributed by atoms with E-state index in [2.05, 4.69) is 58.0 Å². The zero-order chi connectivity index (χ0) is 72.7. The number of ether oxygens (including phenoxy) is 1. The van der Waals surface area contributed by atoms with Gasteiger partial charge in [-0.3, -0.25) is 69.2 Å². The van der Waals surface area contributed by atoms with Crippen LogP contribution in [0.15, 0.2) is 47.6 Å². The summed E-state index contributed by atoms with van der Waals surface area (Å²) >= 11 is 2.37. The zero-order valence-corrected chi connectivity index (χ0v) is 56.9. The molecule has 1 fully saturated rings. The molecule has 1 saturated heterocycles. The van der Waals surface area contributed by atoms with Crippen LogP contribution in [0.25, 0.3) is 0 Å². The van der Waals surface area contributed by atoms with Gasteiger partial charge < -0.3 is 98.1 Å². The lowest BCUT2D eigenvalue weighted by Crippen LogP contribution is -2.78. The highest BCUT2D eigenvalue weighted by Gasteiger charge is 2.41. The van der Waals surface area contributed by atoms with E-state index in [-0.39, 0.29) is 86.5 Å². The van der Waals surface area contributed by atoms with Crippen LogP contribution in [0.3, 0.4) is 0 Å². The van der Waals surface area contributed by atoms with Crippen LogP contribution in [0, 0.1) is 5.92 Å². The van der Waals surface area contributed by atoms with Gasteiger partial charge in [-0.2, -0.15) is 23.5 Å².